The summed E-state index contributed by atoms with van der Waals surface area (Å²) in [6.07, 6.45) is 0.805. The van der Waals surface area contributed by atoms with Crippen LogP contribution in [-0.2, 0) is 13.0 Å². The van der Waals surface area contributed by atoms with Crippen LogP contribution in [0.3, 0.4) is 0 Å². The molecule has 7 nitrogen and oxygen atoms in total. The molecule has 0 radical (unpaired) electrons. The molecule has 1 aliphatic rings. The molecule has 0 spiro atoms. The van der Waals surface area contributed by atoms with Crippen LogP contribution >= 0.6 is 0 Å². The molecule has 126 valence electrons. The van der Waals surface area contributed by atoms with Crippen molar-refractivity contribution in [2.45, 2.75) is 46.7 Å². The monoisotopic (exact) mass is 319 g/mol. The zero-order chi connectivity index (χ0) is 16.4. The topological polar surface area (TPSA) is 71.4 Å². The minimum absolute atomic E-state index is 0.163. The van der Waals surface area contributed by atoms with E-state index in [9.17, 15) is 0 Å². The molecular weight excluding hydrogens is 294 g/mol. The summed E-state index contributed by atoms with van der Waals surface area (Å²) in [7, 11) is 0. The largest absolute Gasteiger partial charge is 0.444 e. The van der Waals surface area contributed by atoms with Crippen LogP contribution in [0.25, 0.3) is 0 Å². The Morgan fingerprint density at radius 2 is 1.87 bits per heavy atom. The summed E-state index contributed by atoms with van der Waals surface area (Å²) in [5.74, 6) is 3.22. The highest BCUT2D eigenvalue weighted by atomic mass is 16.5. The first kappa shape index (κ1) is 16.1. The average molecular weight is 319 g/mol. The van der Waals surface area contributed by atoms with Gasteiger partial charge in [-0.1, -0.05) is 12.1 Å². The summed E-state index contributed by atoms with van der Waals surface area (Å²) < 4.78 is 11.0. The molecule has 2 aromatic rings. The van der Waals surface area contributed by atoms with Crippen molar-refractivity contribution >= 4 is 0 Å². The molecule has 1 saturated heterocycles. The van der Waals surface area contributed by atoms with Crippen LogP contribution in [-0.4, -0.2) is 51.1 Å². The molecule has 1 atom stereocenters. The third kappa shape index (κ3) is 3.61. The number of nitrogens with zero attached hydrogens (tertiary/aromatic N) is 5. The van der Waals surface area contributed by atoms with E-state index < -0.39 is 0 Å². The number of hydrogen-bond acceptors (Lipinski definition) is 7. The second kappa shape index (κ2) is 6.80. The van der Waals surface area contributed by atoms with E-state index in [1.54, 1.807) is 0 Å². The third-order valence-corrected chi connectivity index (χ3v) is 4.54. The maximum Gasteiger partial charge on any atom is 0.243 e. The number of piperazine rings is 1. The number of rotatable bonds is 5. The Morgan fingerprint density at radius 1 is 1.13 bits per heavy atom. The van der Waals surface area contributed by atoms with Crippen molar-refractivity contribution in [1.82, 2.24) is 24.9 Å². The van der Waals surface area contributed by atoms with Crippen molar-refractivity contribution in [3.8, 4) is 0 Å². The lowest BCUT2D eigenvalue weighted by Crippen LogP contribution is -2.46. The van der Waals surface area contributed by atoms with E-state index in [1.165, 1.54) is 0 Å². The minimum atomic E-state index is 0.163. The molecule has 0 bridgehead atoms. The van der Waals surface area contributed by atoms with E-state index in [0.29, 0.717) is 5.89 Å². The zero-order valence-electron chi connectivity index (χ0n) is 14.4. The Kier molecular flexibility index (Phi) is 4.77. The Morgan fingerprint density at radius 3 is 2.43 bits per heavy atom. The van der Waals surface area contributed by atoms with E-state index in [-0.39, 0.29) is 6.04 Å². The standard InChI is InChI=1S/C16H25N5O2/c1-5-14-18-16(23-19-14)12(3)21-8-6-20(7-9-21)10-15-17-11(2)13(4)22-15/h12H,5-10H2,1-4H3/t12-/m1/s1. The molecule has 0 unspecified atom stereocenters. The molecule has 2 aromatic heterocycles. The van der Waals surface area contributed by atoms with Gasteiger partial charge in [0.05, 0.1) is 18.3 Å². The van der Waals surface area contributed by atoms with Gasteiger partial charge >= 0.3 is 0 Å². The van der Waals surface area contributed by atoms with Gasteiger partial charge in [0, 0.05) is 32.6 Å². The Labute approximate surface area is 136 Å². The van der Waals surface area contributed by atoms with E-state index in [1.807, 2.05) is 20.8 Å². The Bertz CT molecular complexity index is 623. The molecule has 0 aromatic carbocycles. The van der Waals surface area contributed by atoms with Crippen molar-refractivity contribution in [3.63, 3.8) is 0 Å². The fourth-order valence-electron chi connectivity index (χ4n) is 2.84. The molecule has 1 aliphatic heterocycles. The molecule has 0 aliphatic carbocycles. The lowest BCUT2D eigenvalue weighted by atomic mass is 10.2. The van der Waals surface area contributed by atoms with Crippen molar-refractivity contribution < 1.29 is 8.94 Å². The average Bonchev–Trinajstić information content (AvgIpc) is 3.14. The summed E-state index contributed by atoms with van der Waals surface area (Å²) in [6, 6.07) is 0.163. The van der Waals surface area contributed by atoms with Gasteiger partial charge in [-0.2, -0.15) is 4.98 Å². The number of oxazole rings is 1. The summed E-state index contributed by atoms with van der Waals surface area (Å²) in [4.78, 5) is 13.7. The number of aryl methyl sites for hydroxylation is 3. The van der Waals surface area contributed by atoms with Gasteiger partial charge in [-0.25, -0.2) is 4.98 Å². The van der Waals surface area contributed by atoms with Gasteiger partial charge in [0.15, 0.2) is 5.82 Å². The predicted molar refractivity (Wildman–Crippen MR) is 84.9 cm³/mol. The van der Waals surface area contributed by atoms with Crippen LogP contribution in [0, 0.1) is 13.8 Å². The van der Waals surface area contributed by atoms with E-state index in [0.717, 1.165) is 62.3 Å². The molecular formula is C16H25N5O2. The normalized spacial score (nSPS) is 18.4. The highest BCUT2D eigenvalue weighted by molar-refractivity contribution is 5.05. The zero-order valence-corrected chi connectivity index (χ0v) is 14.4. The van der Waals surface area contributed by atoms with Crippen LogP contribution in [0.4, 0.5) is 0 Å². The summed E-state index contributed by atoms with van der Waals surface area (Å²) in [6.45, 7) is 12.8. The maximum atomic E-state index is 5.68. The molecule has 3 heterocycles. The van der Waals surface area contributed by atoms with Crippen molar-refractivity contribution in [2.75, 3.05) is 26.2 Å². The lowest BCUT2D eigenvalue weighted by Gasteiger charge is -2.36. The van der Waals surface area contributed by atoms with Gasteiger partial charge in [-0.05, 0) is 20.8 Å². The fourth-order valence-corrected chi connectivity index (χ4v) is 2.84. The maximum absolute atomic E-state index is 5.68. The van der Waals surface area contributed by atoms with E-state index >= 15 is 0 Å². The summed E-state index contributed by atoms with van der Waals surface area (Å²) in [5, 5.41) is 3.99. The number of hydrogen-bond donors (Lipinski definition) is 0. The van der Waals surface area contributed by atoms with Crippen LogP contribution in [0.15, 0.2) is 8.94 Å². The molecule has 0 saturated carbocycles. The SMILES string of the molecule is CCc1noc([C@@H](C)N2CCN(Cc3nc(C)c(C)o3)CC2)n1. The smallest absolute Gasteiger partial charge is 0.243 e. The van der Waals surface area contributed by atoms with Crippen LogP contribution in [0.2, 0.25) is 0 Å². The Hall–Kier alpha value is -1.73. The van der Waals surface area contributed by atoms with Crippen LogP contribution in [0.5, 0.6) is 0 Å². The van der Waals surface area contributed by atoms with Crippen molar-refractivity contribution in [3.05, 3.63) is 29.1 Å². The second-order valence-electron chi connectivity index (χ2n) is 6.14. The molecule has 3 rings (SSSR count). The van der Waals surface area contributed by atoms with Gasteiger partial charge in [0.25, 0.3) is 0 Å². The third-order valence-electron chi connectivity index (χ3n) is 4.54. The number of aromatic nitrogens is 3. The van der Waals surface area contributed by atoms with Gasteiger partial charge in [0.1, 0.15) is 5.76 Å². The summed E-state index contributed by atoms with van der Waals surface area (Å²) >= 11 is 0. The highest BCUT2D eigenvalue weighted by Crippen LogP contribution is 2.21. The molecule has 1 fully saturated rings. The first-order chi connectivity index (χ1) is 11.1. The fraction of sp³-hybridized carbons (Fsp3) is 0.688. The predicted octanol–water partition coefficient (Wildman–Crippen LogP) is 2.12. The molecule has 0 N–H and O–H groups in total. The van der Waals surface area contributed by atoms with Crippen molar-refractivity contribution in [1.29, 1.82) is 0 Å². The van der Waals surface area contributed by atoms with Crippen LogP contribution < -0.4 is 0 Å². The van der Waals surface area contributed by atoms with Crippen molar-refractivity contribution in [2.24, 2.45) is 0 Å². The van der Waals surface area contributed by atoms with Gasteiger partial charge in [-0.3, -0.25) is 9.80 Å². The van der Waals surface area contributed by atoms with E-state index in [2.05, 4.69) is 31.8 Å². The molecule has 7 heteroatoms. The first-order valence-electron chi connectivity index (χ1n) is 8.28. The van der Waals surface area contributed by atoms with Gasteiger partial charge in [0.2, 0.25) is 11.8 Å². The van der Waals surface area contributed by atoms with E-state index in [4.69, 9.17) is 8.94 Å². The van der Waals surface area contributed by atoms with Gasteiger partial charge < -0.3 is 8.94 Å². The quantitative estimate of drug-likeness (QED) is 0.836. The lowest BCUT2D eigenvalue weighted by molar-refractivity contribution is 0.0796. The summed E-state index contributed by atoms with van der Waals surface area (Å²) in [5.41, 5.74) is 0.982. The first-order valence-corrected chi connectivity index (χ1v) is 8.28. The molecule has 0 amide bonds. The highest BCUT2D eigenvalue weighted by Gasteiger charge is 2.26. The van der Waals surface area contributed by atoms with Crippen LogP contribution in [0.1, 0.15) is 48.9 Å². The Balaban J connectivity index is 1.53. The minimum Gasteiger partial charge on any atom is -0.444 e. The van der Waals surface area contributed by atoms with Gasteiger partial charge in [-0.15, -0.1) is 0 Å². The second-order valence-corrected chi connectivity index (χ2v) is 6.14. The molecule has 23 heavy (non-hydrogen) atoms.